The van der Waals surface area contributed by atoms with E-state index < -0.39 is 15.8 Å². The summed E-state index contributed by atoms with van der Waals surface area (Å²) in [5, 5.41) is 3.05. The fourth-order valence-electron chi connectivity index (χ4n) is 1.46. The predicted molar refractivity (Wildman–Crippen MR) is 69.3 cm³/mol. The Labute approximate surface area is 108 Å². The second-order valence-corrected chi connectivity index (χ2v) is 6.37. The van der Waals surface area contributed by atoms with Gasteiger partial charge in [0.2, 0.25) is 10.0 Å². The number of hydrogen-bond acceptors (Lipinski definition) is 3. The molecule has 0 saturated heterocycles. The molecule has 0 aliphatic rings. The van der Waals surface area contributed by atoms with Gasteiger partial charge in [0, 0.05) is 26.2 Å². The summed E-state index contributed by atoms with van der Waals surface area (Å²) >= 11 is 0. The van der Waals surface area contributed by atoms with E-state index in [2.05, 4.69) is 5.32 Å². The van der Waals surface area contributed by atoms with Crippen LogP contribution in [0.4, 0.5) is 4.39 Å². The zero-order chi connectivity index (χ0) is 13.8. The molecule has 1 N–H and O–H groups in total. The molecule has 0 radical (unpaired) electrons. The van der Waals surface area contributed by atoms with E-state index in [1.807, 2.05) is 6.92 Å². The van der Waals surface area contributed by atoms with E-state index >= 15 is 0 Å². The van der Waals surface area contributed by atoms with Crippen LogP contribution in [0, 0.1) is 5.82 Å². The molecule has 102 valence electrons. The number of nitrogens with one attached hydrogen (secondary N) is 1. The Morgan fingerprint density at radius 1 is 1.33 bits per heavy atom. The van der Waals surface area contributed by atoms with Gasteiger partial charge < -0.3 is 5.32 Å². The Morgan fingerprint density at radius 3 is 2.56 bits per heavy atom. The van der Waals surface area contributed by atoms with Gasteiger partial charge in [-0.1, -0.05) is 6.92 Å². The first-order chi connectivity index (χ1) is 8.39. The lowest BCUT2D eigenvalue weighted by atomic mass is 10.2. The van der Waals surface area contributed by atoms with E-state index in [9.17, 15) is 12.8 Å². The fraction of sp³-hybridized carbons (Fsp3) is 0.500. The Hall–Kier alpha value is -0.980. The maximum absolute atomic E-state index is 13.5. The lowest BCUT2D eigenvalue weighted by molar-refractivity contribution is 0.519. The number of sulfonamides is 1. The van der Waals surface area contributed by atoms with Crippen molar-refractivity contribution in [3.63, 3.8) is 0 Å². The van der Waals surface area contributed by atoms with Gasteiger partial charge in [0.1, 0.15) is 5.82 Å². The minimum atomic E-state index is -3.51. The van der Waals surface area contributed by atoms with E-state index in [1.165, 1.54) is 32.3 Å². The molecule has 0 heterocycles. The minimum Gasteiger partial charge on any atom is -0.313 e. The molecule has 0 unspecified atom stereocenters. The zero-order valence-electron chi connectivity index (χ0n) is 10.9. The highest BCUT2D eigenvalue weighted by Crippen LogP contribution is 2.17. The standard InChI is InChI=1S/C12H19FN2O2S/c1-4-7-14-9-10-8-11(5-6-12(10)13)18(16,17)15(2)3/h5-6,8,14H,4,7,9H2,1-3H3. The Balaban J connectivity index is 3.01. The quantitative estimate of drug-likeness (QED) is 0.801. The minimum absolute atomic E-state index is 0.113. The van der Waals surface area contributed by atoms with Crippen LogP contribution in [0.15, 0.2) is 23.1 Å². The van der Waals surface area contributed by atoms with Crippen LogP contribution in [0.3, 0.4) is 0 Å². The number of halogens is 1. The smallest absolute Gasteiger partial charge is 0.242 e. The van der Waals surface area contributed by atoms with Crippen LogP contribution in [0.2, 0.25) is 0 Å². The molecule has 0 atom stereocenters. The van der Waals surface area contributed by atoms with E-state index in [0.29, 0.717) is 12.1 Å². The summed E-state index contributed by atoms with van der Waals surface area (Å²) < 4.78 is 38.5. The fourth-order valence-corrected chi connectivity index (χ4v) is 2.41. The molecule has 0 aromatic heterocycles. The topological polar surface area (TPSA) is 49.4 Å². The van der Waals surface area contributed by atoms with Crippen LogP contribution >= 0.6 is 0 Å². The summed E-state index contributed by atoms with van der Waals surface area (Å²) in [6, 6.07) is 3.86. The average molecular weight is 274 g/mol. The van der Waals surface area contributed by atoms with Gasteiger partial charge in [-0.3, -0.25) is 0 Å². The lowest BCUT2D eigenvalue weighted by Gasteiger charge is -2.13. The monoisotopic (exact) mass is 274 g/mol. The normalized spacial score (nSPS) is 12.1. The van der Waals surface area contributed by atoms with Crippen molar-refractivity contribution in [2.24, 2.45) is 0 Å². The first kappa shape index (κ1) is 15.1. The van der Waals surface area contributed by atoms with Gasteiger partial charge in [-0.25, -0.2) is 17.1 Å². The highest BCUT2D eigenvalue weighted by atomic mass is 32.2. The average Bonchev–Trinajstić information content (AvgIpc) is 2.31. The van der Waals surface area contributed by atoms with Crippen LogP contribution in [-0.4, -0.2) is 33.4 Å². The zero-order valence-corrected chi connectivity index (χ0v) is 11.7. The summed E-state index contributed by atoms with van der Waals surface area (Å²) in [7, 11) is -0.604. The molecular formula is C12H19FN2O2S. The first-order valence-corrected chi connectivity index (χ1v) is 7.25. The molecule has 6 heteroatoms. The van der Waals surface area contributed by atoms with Gasteiger partial charge in [-0.15, -0.1) is 0 Å². The van der Waals surface area contributed by atoms with E-state index in [0.717, 1.165) is 17.3 Å². The Bertz CT molecular complexity index is 501. The van der Waals surface area contributed by atoms with E-state index in [-0.39, 0.29) is 4.90 Å². The van der Waals surface area contributed by atoms with Gasteiger partial charge in [-0.05, 0) is 31.2 Å². The van der Waals surface area contributed by atoms with Crippen molar-refractivity contribution in [1.82, 2.24) is 9.62 Å². The SMILES string of the molecule is CCCNCc1cc(S(=O)(=O)N(C)C)ccc1F. The van der Waals surface area contributed by atoms with Crippen molar-refractivity contribution in [2.75, 3.05) is 20.6 Å². The van der Waals surface area contributed by atoms with Gasteiger partial charge in [0.15, 0.2) is 0 Å². The third-order valence-corrected chi connectivity index (χ3v) is 4.35. The van der Waals surface area contributed by atoms with Crippen molar-refractivity contribution >= 4 is 10.0 Å². The molecule has 1 aromatic rings. The second-order valence-electron chi connectivity index (χ2n) is 4.22. The number of benzene rings is 1. The molecule has 1 rings (SSSR count). The van der Waals surface area contributed by atoms with E-state index in [4.69, 9.17) is 0 Å². The van der Waals surface area contributed by atoms with E-state index in [1.54, 1.807) is 0 Å². The van der Waals surface area contributed by atoms with Crippen LogP contribution in [0.5, 0.6) is 0 Å². The highest BCUT2D eigenvalue weighted by molar-refractivity contribution is 7.89. The van der Waals surface area contributed by atoms with Crippen molar-refractivity contribution in [2.45, 2.75) is 24.8 Å². The van der Waals surface area contributed by atoms with Crippen molar-refractivity contribution < 1.29 is 12.8 Å². The summed E-state index contributed by atoms with van der Waals surface area (Å²) in [5.74, 6) is -0.392. The van der Waals surface area contributed by atoms with Gasteiger partial charge >= 0.3 is 0 Å². The molecular weight excluding hydrogens is 255 g/mol. The van der Waals surface area contributed by atoms with Crippen LogP contribution < -0.4 is 5.32 Å². The maximum atomic E-state index is 13.5. The molecule has 0 spiro atoms. The number of nitrogens with zero attached hydrogens (tertiary/aromatic N) is 1. The number of hydrogen-bond donors (Lipinski definition) is 1. The molecule has 0 amide bonds. The highest BCUT2D eigenvalue weighted by Gasteiger charge is 2.18. The second kappa shape index (κ2) is 6.26. The van der Waals surface area contributed by atoms with Gasteiger partial charge in [0.05, 0.1) is 4.90 Å². The van der Waals surface area contributed by atoms with Gasteiger partial charge in [0.25, 0.3) is 0 Å². The van der Waals surface area contributed by atoms with Crippen LogP contribution in [-0.2, 0) is 16.6 Å². The van der Waals surface area contributed by atoms with Crippen LogP contribution in [0.1, 0.15) is 18.9 Å². The Kier molecular flexibility index (Phi) is 5.25. The van der Waals surface area contributed by atoms with Crippen molar-refractivity contribution in [3.05, 3.63) is 29.6 Å². The van der Waals surface area contributed by atoms with Crippen molar-refractivity contribution in [3.8, 4) is 0 Å². The molecule has 0 aliphatic heterocycles. The van der Waals surface area contributed by atoms with Crippen molar-refractivity contribution in [1.29, 1.82) is 0 Å². The summed E-state index contributed by atoms with van der Waals surface area (Å²) in [6.07, 6.45) is 0.942. The molecule has 0 fully saturated rings. The third kappa shape index (κ3) is 3.51. The number of rotatable bonds is 6. The maximum Gasteiger partial charge on any atom is 0.242 e. The Morgan fingerprint density at radius 2 is 2.00 bits per heavy atom. The predicted octanol–water partition coefficient (Wildman–Crippen LogP) is 1.58. The van der Waals surface area contributed by atoms with Crippen LogP contribution in [0.25, 0.3) is 0 Å². The summed E-state index contributed by atoms with van der Waals surface area (Å²) in [4.78, 5) is 0.113. The largest absolute Gasteiger partial charge is 0.313 e. The molecule has 0 bridgehead atoms. The third-order valence-electron chi connectivity index (χ3n) is 2.54. The summed E-state index contributed by atoms with van der Waals surface area (Å²) in [5.41, 5.74) is 0.367. The molecule has 1 aromatic carbocycles. The lowest BCUT2D eigenvalue weighted by Crippen LogP contribution is -2.23. The first-order valence-electron chi connectivity index (χ1n) is 5.81. The van der Waals surface area contributed by atoms with Gasteiger partial charge in [-0.2, -0.15) is 0 Å². The molecule has 0 saturated carbocycles. The molecule has 0 aliphatic carbocycles. The molecule has 18 heavy (non-hydrogen) atoms. The summed E-state index contributed by atoms with van der Waals surface area (Å²) in [6.45, 7) is 3.11. The molecule has 4 nitrogen and oxygen atoms in total.